The van der Waals surface area contributed by atoms with Crippen molar-refractivity contribution in [3.05, 3.63) is 64.2 Å². The number of hydrogen-bond acceptors (Lipinski definition) is 4. The number of benzene rings is 2. The molecule has 184 valence electrons. The number of allylic oxidation sites excluding steroid dienone is 1. The van der Waals surface area contributed by atoms with Gasteiger partial charge in [-0.1, -0.05) is 44.5 Å². The van der Waals surface area contributed by atoms with Gasteiger partial charge in [0, 0.05) is 38.3 Å². The molecule has 0 atom stereocenters. The van der Waals surface area contributed by atoms with E-state index in [2.05, 4.69) is 73.9 Å². The van der Waals surface area contributed by atoms with E-state index < -0.39 is 0 Å². The molecule has 0 aromatic heterocycles. The maximum atomic E-state index is 6.22. The van der Waals surface area contributed by atoms with Crippen LogP contribution in [0.2, 0.25) is 0 Å². The molecular weight excluding hydrogens is 420 g/mol. The number of aryl methyl sites for hydroxylation is 1. The standard InChI is InChI=1S/C30H42N2O2/c1-6-31-13-15-32(16-14-31)20-26-10-9-25-19-28(11-12-29(25)23(26)4)34-21-27-8-7-24(17-22(2)3)18-30(27)33-5/h7-8,11-12,18-19,22H,6,9-10,13-17,20-21H2,1-5H3. The average Bonchev–Trinajstić information content (AvgIpc) is 2.85. The van der Waals surface area contributed by atoms with Crippen molar-refractivity contribution in [2.45, 2.75) is 53.6 Å². The number of piperazine rings is 1. The van der Waals surface area contributed by atoms with Crippen molar-refractivity contribution < 1.29 is 9.47 Å². The van der Waals surface area contributed by atoms with Gasteiger partial charge in [0.2, 0.25) is 0 Å². The van der Waals surface area contributed by atoms with Gasteiger partial charge in [-0.25, -0.2) is 0 Å². The monoisotopic (exact) mass is 462 g/mol. The second-order valence-electron chi connectivity index (χ2n) is 10.3. The fourth-order valence-electron chi connectivity index (χ4n) is 5.29. The quantitative estimate of drug-likeness (QED) is 0.468. The Hall–Kier alpha value is -2.30. The van der Waals surface area contributed by atoms with Crippen LogP contribution in [0.25, 0.3) is 5.57 Å². The number of methoxy groups -OCH3 is 1. The second-order valence-corrected chi connectivity index (χ2v) is 10.3. The summed E-state index contributed by atoms with van der Waals surface area (Å²) in [5.41, 5.74) is 8.29. The summed E-state index contributed by atoms with van der Waals surface area (Å²) in [7, 11) is 1.74. The van der Waals surface area contributed by atoms with Gasteiger partial charge in [-0.15, -0.1) is 0 Å². The van der Waals surface area contributed by atoms with E-state index in [4.69, 9.17) is 9.47 Å². The minimum Gasteiger partial charge on any atom is -0.496 e. The van der Waals surface area contributed by atoms with E-state index in [9.17, 15) is 0 Å². The van der Waals surface area contributed by atoms with Crippen molar-refractivity contribution in [3.63, 3.8) is 0 Å². The number of likely N-dealkylation sites (N-methyl/N-ethyl adjacent to an activating group) is 1. The minimum atomic E-state index is 0.522. The summed E-state index contributed by atoms with van der Waals surface area (Å²) < 4.78 is 11.9. The van der Waals surface area contributed by atoms with Crippen LogP contribution in [0.5, 0.6) is 11.5 Å². The van der Waals surface area contributed by atoms with Crippen LogP contribution in [0.3, 0.4) is 0 Å². The third-order valence-electron chi connectivity index (χ3n) is 7.42. The first-order valence-corrected chi connectivity index (χ1v) is 13.0. The molecule has 0 unspecified atom stereocenters. The van der Waals surface area contributed by atoms with Gasteiger partial charge in [0.05, 0.1) is 7.11 Å². The van der Waals surface area contributed by atoms with Crippen molar-refractivity contribution >= 4 is 5.57 Å². The zero-order valence-corrected chi connectivity index (χ0v) is 21.8. The Bertz CT molecular complexity index is 1000. The molecule has 2 aliphatic rings. The van der Waals surface area contributed by atoms with Crippen molar-refractivity contribution in [1.29, 1.82) is 0 Å². The molecule has 4 heteroatoms. The minimum absolute atomic E-state index is 0.522. The Morgan fingerprint density at radius 1 is 0.941 bits per heavy atom. The van der Waals surface area contributed by atoms with Crippen LogP contribution in [0, 0.1) is 5.92 Å². The fraction of sp³-hybridized carbons (Fsp3) is 0.533. The first-order valence-electron chi connectivity index (χ1n) is 13.0. The lowest BCUT2D eigenvalue weighted by Gasteiger charge is -2.35. The molecule has 0 spiro atoms. The summed E-state index contributed by atoms with van der Waals surface area (Å²) in [6.07, 6.45) is 3.31. The SMILES string of the molecule is CCN1CCN(CC2=C(C)c3ccc(OCc4ccc(CC(C)C)cc4OC)cc3CC2)CC1. The molecule has 0 saturated carbocycles. The molecular formula is C30H42N2O2. The molecule has 0 radical (unpaired) electrons. The molecule has 2 aromatic rings. The number of ether oxygens (including phenoxy) is 2. The molecule has 0 bridgehead atoms. The third kappa shape index (κ3) is 6.03. The summed E-state index contributed by atoms with van der Waals surface area (Å²) >= 11 is 0. The molecule has 0 amide bonds. The highest BCUT2D eigenvalue weighted by Crippen LogP contribution is 2.34. The Morgan fingerprint density at radius 2 is 1.71 bits per heavy atom. The predicted octanol–water partition coefficient (Wildman–Crippen LogP) is 5.83. The summed E-state index contributed by atoms with van der Waals surface area (Å²) in [6, 6.07) is 13.1. The van der Waals surface area contributed by atoms with Gasteiger partial charge in [-0.3, -0.25) is 4.90 Å². The molecule has 2 aromatic carbocycles. The Balaban J connectivity index is 1.40. The van der Waals surface area contributed by atoms with Crippen LogP contribution in [-0.4, -0.2) is 56.2 Å². The van der Waals surface area contributed by atoms with Crippen LogP contribution < -0.4 is 9.47 Å². The van der Waals surface area contributed by atoms with Crippen LogP contribution >= 0.6 is 0 Å². The van der Waals surface area contributed by atoms with E-state index in [-0.39, 0.29) is 0 Å². The molecule has 0 N–H and O–H groups in total. The maximum absolute atomic E-state index is 6.22. The van der Waals surface area contributed by atoms with Crippen molar-refractivity contribution in [3.8, 4) is 11.5 Å². The van der Waals surface area contributed by atoms with E-state index in [0.717, 1.165) is 42.9 Å². The normalized spacial score (nSPS) is 17.2. The average molecular weight is 463 g/mol. The lowest BCUT2D eigenvalue weighted by Crippen LogP contribution is -2.46. The summed E-state index contributed by atoms with van der Waals surface area (Å²) in [5.74, 6) is 2.49. The topological polar surface area (TPSA) is 24.9 Å². The summed E-state index contributed by atoms with van der Waals surface area (Å²) in [5, 5.41) is 0. The molecule has 4 rings (SSSR count). The third-order valence-corrected chi connectivity index (χ3v) is 7.42. The van der Waals surface area contributed by atoms with E-state index >= 15 is 0 Å². The van der Waals surface area contributed by atoms with Gasteiger partial charge in [0.15, 0.2) is 0 Å². The Morgan fingerprint density at radius 3 is 2.41 bits per heavy atom. The van der Waals surface area contributed by atoms with E-state index in [0.29, 0.717) is 12.5 Å². The zero-order chi connectivity index (χ0) is 24.1. The zero-order valence-electron chi connectivity index (χ0n) is 21.8. The molecule has 4 nitrogen and oxygen atoms in total. The molecule has 34 heavy (non-hydrogen) atoms. The van der Waals surface area contributed by atoms with Crippen LogP contribution in [0.15, 0.2) is 42.0 Å². The van der Waals surface area contributed by atoms with Gasteiger partial charge < -0.3 is 14.4 Å². The highest BCUT2D eigenvalue weighted by Gasteiger charge is 2.21. The molecule has 1 saturated heterocycles. The van der Waals surface area contributed by atoms with Gasteiger partial charge in [0.1, 0.15) is 18.1 Å². The van der Waals surface area contributed by atoms with Gasteiger partial charge in [-0.2, -0.15) is 0 Å². The lowest BCUT2D eigenvalue weighted by atomic mass is 9.86. The van der Waals surface area contributed by atoms with Crippen molar-refractivity contribution in [2.24, 2.45) is 5.92 Å². The first-order chi connectivity index (χ1) is 16.5. The Kier molecular flexibility index (Phi) is 8.33. The lowest BCUT2D eigenvalue weighted by molar-refractivity contribution is 0.145. The van der Waals surface area contributed by atoms with Crippen LogP contribution in [-0.2, 0) is 19.4 Å². The van der Waals surface area contributed by atoms with Gasteiger partial charge >= 0.3 is 0 Å². The van der Waals surface area contributed by atoms with Crippen molar-refractivity contribution in [1.82, 2.24) is 9.80 Å². The number of rotatable bonds is 9. The van der Waals surface area contributed by atoms with Gasteiger partial charge in [0.25, 0.3) is 0 Å². The van der Waals surface area contributed by atoms with E-state index in [1.54, 1.807) is 12.7 Å². The first kappa shape index (κ1) is 24.8. The molecule has 1 aliphatic carbocycles. The number of fused-ring (bicyclic) bond motifs is 1. The molecule has 1 heterocycles. The second kappa shape index (κ2) is 11.4. The fourth-order valence-corrected chi connectivity index (χ4v) is 5.29. The number of nitrogens with zero attached hydrogens (tertiary/aromatic N) is 2. The summed E-state index contributed by atoms with van der Waals surface area (Å²) in [6.45, 7) is 16.6. The highest BCUT2D eigenvalue weighted by molar-refractivity contribution is 5.72. The van der Waals surface area contributed by atoms with E-state index in [1.165, 1.54) is 55.0 Å². The van der Waals surface area contributed by atoms with Gasteiger partial charge in [-0.05, 0) is 79.1 Å². The highest BCUT2D eigenvalue weighted by atomic mass is 16.5. The Labute approximate surface area is 206 Å². The van der Waals surface area contributed by atoms with Crippen LogP contribution in [0.1, 0.15) is 56.4 Å². The van der Waals surface area contributed by atoms with Crippen LogP contribution in [0.4, 0.5) is 0 Å². The smallest absolute Gasteiger partial charge is 0.125 e. The van der Waals surface area contributed by atoms with Crippen molar-refractivity contribution in [2.75, 3.05) is 46.4 Å². The van der Waals surface area contributed by atoms with E-state index in [1.807, 2.05) is 0 Å². The molecule has 1 fully saturated rings. The summed E-state index contributed by atoms with van der Waals surface area (Å²) in [4.78, 5) is 5.18. The molecule has 1 aliphatic heterocycles. The number of hydrogen-bond donors (Lipinski definition) is 0. The maximum Gasteiger partial charge on any atom is 0.125 e. The largest absolute Gasteiger partial charge is 0.496 e. The predicted molar refractivity (Wildman–Crippen MR) is 142 cm³/mol.